The van der Waals surface area contributed by atoms with Gasteiger partial charge in [0.05, 0.1) is 24.2 Å². The molecule has 0 fully saturated rings. The number of benzene rings is 3. The van der Waals surface area contributed by atoms with Crippen LogP contribution in [0.3, 0.4) is 0 Å². The Bertz CT molecular complexity index is 1220. The Kier molecular flexibility index (Phi) is 7.70. The van der Waals surface area contributed by atoms with Gasteiger partial charge in [-0.3, -0.25) is 9.59 Å². The van der Waals surface area contributed by atoms with Crippen molar-refractivity contribution in [3.8, 4) is 6.07 Å². The lowest BCUT2D eigenvalue weighted by Gasteiger charge is -2.27. The van der Waals surface area contributed by atoms with E-state index >= 15 is 0 Å². The topological polar surface area (TPSA) is 85.2 Å². The third kappa shape index (κ3) is 4.85. The molecule has 1 aliphatic rings. The molecule has 0 bridgehead atoms. The lowest BCUT2D eigenvalue weighted by atomic mass is 10.00. The molecule has 2 N–H and O–H groups in total. The summed E-state index contributed by atoms with van der Waals surface area (Å²) in [5.74, 6) is -0.319. The van der Waals surface area contributed by atoms with Crippen LogP contribution < -0.4 is 15.5 Å². The predicted molar refractivity (Wildman–Crippen MR) is 132 cm³/mol. The maximum atomic E-state index is 13.7. The number of nitrogens with zero attached hydrogens (tertiary/aromatic N) is 2. The largest absolute Gasteiger partial charge is 0.343 e. The molecule has 0 saturated heterocycles. The Morgan fingerprint density at radius 1 is 1.12 bits per heavy atom. The van der Waals surface area contributed by atoms with E-state index in [9.17, 15) is 14.9 Å². The lowest BCUT2D eigenvalue weighted by Crippen LogP contribution is -2.52. The van der Waals surface area contributed by atoms with E-state index in [1.165, 1.54) is 0 Å². The SMILES string of the molecule is CN[C@@H](C)C(=O)N[C@H]1CCc2ccccc2N(Cc2cccc3c(C#N)cccc23)C1=O.Cl. The number of carbonyl (C=O) groups excluding carboxylic acids is 2. The van der Waals surface area contributed by atoms with Crippen LogP contribution in [0.25, 0.3) is 10.8 Å². The molecule has 3 aromatic rings. The summed E-state index contributed by atoms with van der Waals surface area (Å²) in [6, 6.07) is 20.6. The number of para-hydroxylation sites is 1. The highest BCUT2D eigenvalue weighted by Crippen LogP contribution is 2.31. The van der Waals surface area contributed by atoms with Crippen LogP contribution in [-0.4, -0.2) is 30.9 Å². The monoisotopic (exact) mass is 462 g/mol. The number of anilines is 1. The summed E-state index contributed by atoms with van der Waals surface area (Å²) in [5.41, 5.74) is 3.51. The number of carbonyl (C=O) groups is 2. The number of hydrogen-bond donors (Lipinski definition) is 2. The van der Waals surface area contributed by atoms with Crippen molar-refractivity contribution in [1.29, 1.82) is 5.26 Å². The fourth-order valence-corrected chi connectivity index (χ4v) is 4.22. The molecule has 170 valence electrons. The Morgan fingerprint density at radius 2 is 1.85 bits per heavy atom. The van der Waals surface area contributed by atoms with Crippen molar-refractivity contribution in [2.45, 2.75) is 38.4 Å². The minimum absolute atomic E-state index is 0. The number of amides is 2. The molecule has 2 atom stereocenters. The number of halogens is 1. The van der Waals surface area contributed by atoms with Crippen LogP contribution in [0.1, 0.15) is 30.0 Å². The second-order valence-electron chi connectivity index (χ2n) is 8.09. The zero-order chi connectivity index (χ0) is 22.7. The Labute approximate surface area is 200 Å². The van der Waals surface area contributed by atoms with Gasteiger partial charge in [-0.1, -0.05) is 48.5 Å². The average molecular weight is 463 g/mol. The van der Waals surface area contributed by atoms with E-state index in [1.54, 1.807) is 24.9 Å². The molecule has 1 aliphatic heterocycles. The first-order valence-corrected chi connectivity index (χ1v) is 10.8. The highest BCUT2D eigenvalue weighted by atomic mass is 35.5. The molecule has 0 unspecified atom stereocenters. The van der Waals surface area contributed by atoms with Crippen molar-refractivity contribution < 1.29 is 9.59 Å². The molecular formula is C26H27ClN4O2. The molecule has 33 heavy (non-hydrogen) atoms. The summed E-state index contributed by atoms with van der Waals surface area (Å²) in [4.78, 5) is 27.9. The normalized spacial score (nSPS) is 16.2. The number of nitrogens with one attached hydrogen (secondary N) is 2. The van der Waals surface area contributed by atoms with E-state index in [2.05, 4.69) is 16.7 Å². The molecule has 0 saturated carbocycles. The van der Waals surface area contributed by atoms with E-state index < -0.39 is 6.04 Å². The molecule has 0 aromatic heterocycles. The minimum Gasteiger partial charge on any atom is -0.343 e. The van der Waals surface area contributed by atoms with Crippen molar-refractivity contribution in [2.24, 2.45) is 0 Å². The van der Waals surface area contributed by atoms with Gasteiger partial charge >= 0.3 is 0 Å². The van der Waals surface area contributed by atoms with Gasteiger partial charge in [-0.05, 0) is 60.8 Å². The fourth-order valence-electron chi connectivity index (χ4n) is 4.22. The number of aryl methyl sites for hydroxylation is 1. The highest BCUT2D eigenvalue weighted by Gasteiger charge is 2.32. The van der Waals surface area contributed by atoms with Crippen LogP contribution in [-0.2, 0) is 22.6 Å². The first kappa shape index (κ1) is 24.2. The first-order chi connectivity index (χ1) is 15.5. The quantitative estimate of drug-likeness (QED) is 0.605. The van der Waals surface area contributed by atoms with Crippen LogP contribution in [0.2, 0.25) is 0 Å². The number of nitriles is 1. The molecule has 6 nitrogen and oxygen atoms in total. The van der Waals surface area contributed by atoms with Gasteiger partial charge in [0.1, 0.15) is 6.04 Å². The predicted octanol–water partition coefficient (Wildman–Crippen LogP) is 3.71. The van der Waals surface area contributed by atoms with Gasteiger partial charge in [0.2, 0.25) is 11.8 Å². The second kappa shape index (κ2) is 10.5. The zero-order valence-corrected chi connectivity index (χ0v) is 19.5. The average Bonchev–Trinajstić information content (AvgIpc) is 2.95. The van der Waals surface area contributed by atoms with Gasteiger partial charge in [0.15, 0.2) is 0 Å². The third-order valence-electron chi connectivity index (χ3n) is 6.15. The summed E-state index contributed by atoms with van der Waals surface area (Å²) >= 11 is 0. The van der Waals surface area contributed by atoms with Crippen molar-refractivity contribution in [3.63, 3.8) is 0 Å². The molecule has 4 rings (SSSR count). The van der Waals surface area contributed by atoms with E-state index in [-0.39, 0.29) is 30.3 Å². The van der Waals surface area contributed by atoms with Crippen molar-refractivity contribution in [1.82, 2.24) is 10.6 Å². The van der Waals surface area contributed by atoms with Crippen LogP contribution in [0.4, 0.5) is 5.69 Å². The highest BCUT2D eigenvalue weighted by molar-refractivity contribution is 6.01. The van der Waals surface area contributed by atoms with Crippen LogP contribution in [0.5, 0.6) is 0 Å². The zero-order valence-electron chi connectivity index (χ0n) is 18.7. The third-order valence-corrected chi connectivity index (χ3v) is 6.15. The molecule has 0 spiro atoms. The van der Waals surface area contributed by atoms with Gasteiger partial charge < -0.3 is 15.5 Å². The van der Waals surface area contributed by atoms with E-state index in [1.807, 2.05) is 54.6 Å². The van der Waals surface area contributed by atoms with Gasteiger partial charge in [0, 0.05) is 5.69 Å². The minimum atomic E-state index is -0.602. The number of rotatable bonds is 5. The standard InChI is InChI=1S/C26H26N4O2.ClH/c1-17(28-2)25(31)29-23-14-13-18-7-3-4-12-24(18)30(26(23)32)16-20-9-6-10-21-19(15-27)8-5-11-22(20)21;/h3-12,17,23,28H,13-14,16H2,1-2H3,(H,29,31);1H/t17-,23-;/m0./s1. The molecule has 0 radical (unpaired) electrons. The van der Waals surface area contributed by atoms with Crippen LogP contribution in [0.15, 0.2) is 60.7 Å². The summed E-state index contributed by atoms with van der Waals surface area (Å²) in [6.45, 7) is 2.13. The van der Waals surface area contributed by atoms with E-state index in [0.29, 0.717) is 24.9 Å². The lowest BCUT2D eigenvalue weighted by molar-refractivity contribution is -0.128. The number of likely N-dealkylation sites (N-methyl/N-ethyl adjacent to an activating group) is 1. The van der Waals surface area contributed by atoms with Gasteiger partial charge in [-0.15, -0.1) is 12.4 Å². The summed E-state index contributed by atoms with van der Waals surface area (Å²) < 4.78 is 0. The molecule has 7 heteroatoms. The van der Waals surface area contributed by atoms with Gasteiger partial charge in [-0.2, -0.15) is 5.26 Å². The molecular weight excluding hydrogens is 436 g/mol. The Morgan fingerprint density at radius 3 is 2.61 bits per heavy atom. The maximum absolute atomic E-state index is 13.7. The Hall–Kier alpha value is -3.40. The second-order valence-corrected chi connectivity index (χ2v) is 8.09. The number of fused-ring (bicyclic) bond motifs is 2. The fraction of sp³-hybridized carbons (Fsp3) is 0.269. The maximum Gasteiger partial charge on any atom is 0.249 e. The van der Waals surface area contributed by atoms with Gasteiger partial charge in [0.25, 0.3) is 0 Å². The van der Waals surface area contributed by atoms with Crippen molar-refractivity contribution in [3.05, 3.63) is 77.4 Å². The Balaban J connectivity index is 0.00000306. The van der Waals surface area contributed by atoms with E-state index in [0.717, 1.165) is 27.6 Å². The number of hydrogen-bond acceptors (Lipinski definition) is 4. The molecule has 0 aliphatic carbocycles. The summed E-state index contributed by atoms with van der Waals surface area (Å²) in [6.07, 6.45) is 1.24. The first-order valence-electron chi connectivity index (χ1n) is 10.8. The molecule has 3 aromatic carbocycles. The van der Waals surface area contributed by atoms with Crippen LogP contribution in [0, 0.1) is 11.3 Å². The smallest absolute Gasteiger partial charge is 0.249 e. The molecule has 1 heterocycles. The van der Waals surface area contributed by atoms with E-state index in [4.69, 9.17) is 0 Å². The van der Waals surface area contributed by atoms with Gasteiger partial charge in [-0.25, -0.2) is 0 Å². The summed E-state index contributed by atoms with van der Waals surface area (Å²) in [5, 5.41) is 17.2. The van der Waals surface area contributed by atoms with Crippen molar-refractivity contribution >= 4 is 40.7 Å². The van der Waals surface area contributed by atoms with Crippen LogP contribution >= 0.6 is 12.4 Å². The summed E-state index contributed by atoms with van der Waals surface area (Å²) in [7, 11) is 1.72. The molecule has 2 amide bonds. The van der Waals surface area contributed by atoms with Crippen molar-refractivity contribution in [2.75, 3.05) is 11.9 Å².